The number of rotatable bonds is 4. The molecule has 0 heterocycles. The van der Waals surface area contributed by atoms with Gasteiger partial charge in [0.15, 0.2) is 0 Å². The van der Waals surface area contributed by atoms with Crippen molar-refractivity contribution >= 4 is 9.84 Å². The normalized spacial score (nSPS) is 11.7. The molecular formula is C16H22O3S. The quantitative estimate of drug-likeness (QED) is 0.626. The van der Waals surface area contributed by atoms with E-state index in [9.17, 15) is 8.42 Å². The fourth-order valence-corrected chi connectivity index (χ4v) is 2.46. The summed E-state index contributed by atoms with van der Waals surface area (Å²) < 4.78 is 29.9. The van der Waals surface area contributed by atoms with E-state index >= 15 is 0 Å². The number of benzene rings is 1. The summed E-state index contributed by atoms with van der Waals surface area (Å²) in [6.07, 6.45) is 0. The third-order valence-electron chi connectivity index (χ3n) is 2.66. The molecule has 0 fully saturated rings. The molecule has 0 atom stereocenters. The fraction of sp³-hybridized carbons (Fsp3) is 0.438. The number of ether oxygens (including phenoxy) is 1. The van der Waals surface area contributed by atoms with Gasteiger partial charge >= 0.3 is 0 Å². The molecule has 0 N–H and O–H groups in total. The van der Waals surface area contributed by atoms with E-state index in [4.69, 9.17) is 4.74 Å². The maximum absolute atomic E-state index is 12.2. The lowest BCUT2D eigenvalue weighted by molar-refractivity contribution is 0.164. The van der Waals surface area contributed by atoms with E-state index in [1.54, 1.807) is 24.3 Å². The monoisotopic (exact) mass is 294 g/mol. The van der Waals surface area contributed by atoms with Crippen LogP contribution in [0.3, 0.4) is 0 Å². The van der Waals surface area contributed by atoms with Gasteiger partial charge < -0.3 is 4.74 Å². The third kappa shape index (κ3) is 4.55. The minimum atomic E-state index is -3.49. The largest absolute Gasteiger partial charge is 0.490 e. The van der Waals surface area contributed by atoms with Gasteiger partial charge in [0, 0.05) is 5.41 Å². The van der Waals surface area contributed by atoms with Gasteiger partial charge in [-0.25, -0.2) is 8.42 Å². The number of sulfone groups is 1. The van der Waals surface area contributed by atoms with Crippen LogP contribution in [0, 0.1) is 12.3 Å². The van der Waals surface area contributed by atoms with Gasteiger partial charge in [0.1, 0.15) is 5.76 Å². The maximum atomic E-state index is 12.2. The zero-order valence-corrected chi connectivity index (χ0v) is 13.5. The average molecular weight is 294 g/mol. The van der Waals surface area contributed by atoms with Crippen molar-refractivity contribution in [2.24, 2.45) is 5.41 Å². The van der Waals surface area contributed by atoms with Crippen molar-refractivity contribution in [3.8, 4) is 0 Å². The van der Waals surface area contributed by atoms with Crippen molar-refractivity contribution in [1.82, 2.24) is 0 Å². The molecule has 3 nitrogen and oxygen atoms in total. The molecule has 0 amide bonds. The molecule has 4 heteroatoms. The Labute approximate surface area is 121 Å². The number of hydrogen-bond acceptors (Lipinski definition) is 3. The molecule has 0 spiro atoms. The molecule has 0 unspecified atom stereocenters. The van der Waals surface area contributed by atoms with Gasteiger partial charge in [0.2, 0.25) is 9.84 Å². The molecule has 110 valence electrons. The van der Waals surface area contributed by atoms with Gasteiger partial charge in [-0.2, -0.15) is 0 Å². The second-order valence-corrected chi connectivity index (χ2v) is 7.43. The second kappa shape index (κ2) is 6.29. The maximum Gasteiger partial charge on any atom is 0.207 e. The average Bonchev–Trinajstić information content (AvgIpc) is 2.33. The molecule has 0 saturated carbocycles. The molecule has 20 heavy (non-hydrogen) atoms. The van der Waals surface area contributed by atoms with Crippen LogP contribution in [0.25, 0.3) is 0 Å². The van der Waals surface area contributed by atoms with Gasteiger partial charge in [-0.1, -0.05) is 44.2 Å². The molecule has 0 aromatic heterocycles. The first-order valence-electron chi connectivity index (χ1n) is 6.58. The Kier molecular flexibility index (Phi) is 5.21. The van der Waals surface area contributed by atoms with Crippen LogP contribution >= 0.6 is 0 Å². The topological polar surface area (TPSA) is 43.4 Å². The summed E-state index contributed by atoms with van der Waals surface area (Å²) in [6.45, 7) is 10.1. The van der Waals surface area contributed by atoms with Crippen LogP contribution in [0.5, 0.6) is 0 Å². The lowest BCUT2D eigenvalue weighted by atomic mass is 9.94. The molecule has 0 radical (unpaired) electrons. The highest BCUT2D eigenvalue weighted by Gasteiger charge is 2.18. The van der Waals surface area contributed by atoms with Crippen LogP contribution in [0.15, 0.2) is 46.1 Å². The summed E-state index contributed by atoms with van der Waals surface area (Å²) in [5.74, 6) is 0.538. The second-order valence-electron chi connectivity index (χ2n) is 5.63. The minimum Gasteiger partial charge on any atom is -0.490 e. The van der Waals surface area contributed by atoms with E-state index in [1.807, 2.05) is 34.6 Å². The minimum absolute atomic E-state index is 0.264. The first-order chi connectivity index (χ1) is 9.16. The predicted molar refractivity (Wildman–Crippen MR) is 81.0 cm³/mol. The Balaban J connectivity index is 3.22. The zero-order chi connectivity index (χ0) is 15.4. The Bertz CT molecular complexity index is 611. The molecule has 1 rings (SSSR count). The molecule has 0 aliphatic heterocycles. The Hall–Kier alpha value is -1.51. The van der Waals surface area contributed by atoms with Crippen LogP contribution in [0.1, 0.15) is 33.3 Å². The van der Waals surface area contributed by atoms with E-state index < -0.39 is 9.84 Å². The molecule has 0 aliphatic rings. The van der Waals surface area contributed by atoms with Crippen LogP contribution in [-0.2, 0) is 14.6 Å². The van der Waals surface area contributed by atoms with E-state index in [0.29, 0.717) is 12.4 Å². The Morgan fingerprint density at radius 3 is 2.25 bits per heavy atom. The van der Waals surface area contributed by atoms with Crippen molar-refractivity contribution in [2.75, 3.05) is 6.61 Å². The van der Waals surface area contributed by atoms with Gasteiger partial charge in [-0.3, -0.25) is 0 Å². The highest BCUT2D eigenvalue weighted by Crippen LogP contribution is 2.25. The number of hydrogen-bond donors (Lipinski definition) is 0. The van der Waals surface area contributed by atoms with E-state index in [2.05, 4.69) is 5.73 Å². The summed E-state index contributed by atoms with van der Waals surface area (Å²) in [5, 5.41) is 1.09. The van der Waals surface area contributed by atoms with Crippen LogP contribution in [-0.4, -0.2) is 15.0 Å². The predicted octanol–water partition coefficient (Wildman–Crippen LogP) is 3.85. The summed E-state index contributed by atoms with van der Waals surface area (Å²) in [6, 6.07) is 6.75. The Morgan fingerprint density at radius 2 is 1.80 bits per heavy atom. The van der Waals surface area contributed by atoms with Crippen molar-refractivity contribution in [2.45, 2.75) is 39.5 Å². The molecule has 1 aromatic carbocycles. The van der Waals surface area contributed by atoms with Gasteiger partial charge in [0.05, 0.1) is 16.9 Å². The van der Waals surface area contributed by atoms with Crippen LogP contribution in [0.4, 0.5) is 0 Å². The van der Waals surface area contributed by atoms with E-state index in [0.717, 1.165) is 11.0 Å². The summed E-state index contributed by atoms with van der Waals surface area (Å²) in [4.78, 5) is 0.264. The molecular weight excluding hydrogens is 272 g/mol. The van der Waals surface area contributed by atoms with Crippen molar-refractivity contribution in [3.05, 3.63) is 46.7 Å². The summed E-state index contributed by atoms with van der Waals surface area (Å²) >= 11 is 0. The lowest BCUT2D eigenvalue weighted by Crippen LogP contribution is -2.11. The van der Waals surface area contributed by atoms with Gasteiger partial charge in [0.25, 0.3) is 0 Å². The molecule has 0 saturated heterocycles. The molecule has 1 aromatic rings. The SMILES string of the molecule is CCOC(=C=CS(=O)(=O)c1ccc(C)cc1)C(C)(C)C. The van der Waals surface area contributed by atoms with Crippen molar-refractivity contribution in [3.63, 3.8) is 0 Å². The van der Waals surface area contributed by atoms with E-state index in [-0.39, 0.29) is 10.3 Å². The molecule has 0 aliphatic carbocycles. The smallest absolute Gasteiger partial charge is 0.207 e. The van der Waals surface area contributed by atoms with Crippen molar-refractivity contribution in [1.29, 1.82) is 0 Å². The summed E-state index contributed by atoms with van der Waals surface area (Å²) in [7, 11) is -3.49. The third-order valence-corrected chi connectivity index (χ3v) is 4.02. The number of allylic oxidation sites excluding steroid dienone is 1. The zero-order valence-electron chi connectivity index (χ0n) is 12.7. The molecule has 0 bridgehead atoms. The van der Waals surface area contributed by atoms with E-state index in [1.165, 1.54) is 0 Å². The van der Waals surface area contributed by atoms with Gasteiger partial charge in [-0.15, -0.1) is 0 Å². The highest BCUT2D eigenvalue weighted by molar-refractivity contribution is 7.94. The lowest BCUT2D eigenvalue weighted by Gasteiger charge is -2.20. The fourth-order valence-electron chi connectivity index (χ4n) is 1.55. The van der Waals surface area contributed by atoms with Crippen LogP contribution in [0.2, 0.25) is 0 Å². The summed E-state index contributed by atoms with van der Waals surface area (Å²) in [5.41, 5.74) is 3.53. The van der Waals surface area contributed by atoms with Crippen LogP contribution < -0.4 is 0 Å². The number of aryl methyl sites for hydroxylation is 1. The first-order valence-corrected chi connectivity index (χ1v) is 8.13. The standard InChI is InChI=1S/C16H22O3S/c1-6-19-15(16(3,4)5)11-12-20(17,18)14-9-7-13(2)8-10-14/h7-10,12H,6H2,1-5H3. The Morgan fingerprint density at radius 1 is 1.25 bits per heavy atom. The highest BCUT2D eigenvalue weighted by atomic mass is 32.2. The van der Waals surface area contributed by atoms with Crippen molar-refractivity contribution < 1.29 is 13.2 Å². The van der Waals surface area contributed by atoms with Gasteiger partial charge in [-0.05, 0) is 26.0 Å². The first kappa shape index (κ1) is 16.5.